The summed E-state index contributed by atoms with van der Waals surface area (Å²) in [6.45, 7) is 4.56. The maximum Gasteiger partial charge on any atom is 0.272 e. The van der Waals surface area contributed by atoms with Crippen molar-refractivity contribution in [3.05, 3.63) is 42.0 Å². The molecule has 0 aromatic carbocycles. The lowest BCUT2D eigenvalue weighted by Gasteiger charge is -2.07. The van der Waals surface area contributed by atoms with Gasteiger partial charge < -0.3 is 15.6 Å². The molecule has 0 saturated carbocycles. The molecule has 0 radical (unpaired) electrons. The highest BCUT2D eigenvalue weighted by Crippen LogP contribution is 2.13. The third kappa shape index (κ3) is 2.51. The fraction of sp³-hybridized carbons (Fsp3) is 0.231. The lowest BCUT2D eigenvalue weighted by atomic mass is 10.3. The Morgan fingerprint density at radius 3 is 2.89 bits per heavy atom. The molecular formula is C13H16N4O. The molecule has 0 fully saturated rings. The van der Waals surface area contributed by atoms with Crippen molar-refractivity contribution in [2.45, 2.75) is 20.4 Å². The van der Waals surface area contributed by atoms with Gasteiger partial charge in [0.15, 0.2) is 0 Å². The zero-order valence-corrected chi connectivity index (χ0v) is 10.5. The normalized spacial score (nSPS) is 10.3. The molecule has 0 spiro atoms. The minimum Gasteiger partial charge on any atom is -0.397 e. The number of nitrogens with one attached hydrogen (secondary N) is 1. The topological polar surface area (TPSA) is 72.9 Å². The van der Waals surface area contributed by atoms with Crippen LogP contribution in [0.4, 0.5) is 11.4 Å². The Balaban J connectivity index is 2.19. The van der Waals surface area contributed by atoms with Gasteiger partial charge in [0.2, 0.25) is 0 Å². The van der Waals surface area contributed by atoms with Gasteiger partial charge in [0, 0.05) is 18.4 Å². The highest BCUT2D eigenvalue weighted by molar-refractivity contribution is 6.03. The number of anilines is 2. The van der Waals surface area contributed by atoms with E-state index in [4.69, 9.17) is 5.73 Å². The van der Waals surface area contributed by atoms with Crippen molar-refractivity contribution in [1.82, 2.24) is 9.55 Å². The van der Waals surface area contributed by atoms with E-state index in [-0.39, 0.29) is 5.91 Å². The van der Waals surface area contributed by atoms with Crippen LogP contribution in [0.3, 0.4) is 0 Å². The van der Waals surface area contributed by atoms with E-state index in [1.54, 1.807) is 18.5 Å². The second-order valence-electron chi connectivity index (χ2n) is 4.09. The number of amides is 1. The van der Waals surface area contributed by atoms with E-state index in [0.717, 1.165) is 5.69 Å². The molecule has 0 saturated heterocycles. The van der Waals surface area contributed by atoms with Gasteiger partial charge in [0.25, 0.3) is 5.91 Å². The van der Waals surface area contributed by atoms with Crippen molar-refractivity contribution in [1.29, 1.82) is 0 Å². The number of carbonyl (C=O) groups is 1. The van der Waals surface area contributed by atoms with Crippen molar-refractivity contribution in [3.8, 4) is 0 Å². The standard InChI is InChI=1S/C13H16N4O/c1-3-17-8-10(14)6-12(17)13(18)16-11-5-4-9(2)15-7-11/h4-8H,3,14H2,1-2H3,(H,16,18). The number of rotatable bonds is 3. The number of nitrogens with two attached hydrogens (primary N) is 1. The molecular weight excluding hydrogens is 228 g/mol. The van der Waals surface area contributed by atoms with E-state index in [9.17, 15) is 4.79 Å². The zero-order chi connectivity index (χ0) is 13.1. The molecule has 2 aromatic heterocycles. The fourth-order valence-electron chi connectivity index (χ4n) is 1.72. The highest BCUT2D eigenvalue weighted by Gasteiger charge is 2.12. The van der Waals surface area contributed by atoms with Crippen molar-refractivity contribution in [3.63, 3.8) is 0 Å². The minimum atomic E-state index is -0.181. The molecule has 0 bridgehead atoms. The quantitative estimate of drug-likeness (QED) is 0.867. The van der Waals surface area contributed by atoms with Crippen molar-refractivity contribution in [2.75, 3.05) is 11.1 Å². The summed E-state index contributed by atoms with van der Waals surface area (Å²) in [5.74, 6) is -0.181. The third-order valence-electron chi connectivity index (χ3n) is 2.66. The first kappa shape index (κ1) is 12.2. The number of aromatic nitrogens is 2. The minimum absolute atomic E-state index is 0.181. The Morgan fingerprint density at radius 2 is 2.28 bits per heavy atom. The predicted octanol–water partition coefficient (Wildman–Crippen LogP) is 2.05. The monoisotopic (exact) mass is 244 g/mol. The van der Waals surface area contributed by atoms with Crippen LogP contribution in [-0.2, 0) is 6.54 Å². The second kappa shape index (κ2) is 4.91. The number of pyridine rings is 1. The SMILES string of the molecule is CCn1cc(N)cc1C(=O)Nc1ccc(C)nc1. The molecule has 18 heavy (non-hydrogen) atoms. The van der Waals surface area contributed by atoms with Crippen molar-refractivity contribution < 1.29 is 4.79 Å². The van der Waals surface area contributed by atoms with E-state index in [2.05, 4.69) is 10.3 Å². The van der Waals surface area contributed by atoms with Gasteiger partial charge in [-0.05, 0) is 32.0 Å². The molecule has 0 aliphatic rings. The summed E-state index contributed by atoms with van der Waals surface area (Å²) in [6, 6.07) is 5.34. The highest BCUT2D eigenvalue weighted by atomic mass is 16.1. The van der Waals surface area contributed by atoms with Crippen LogP contribution >= 0.6 is 0 Å². The van der Waals surface area contributed by atoms with Crippen LogP contribution in [0.15, 0.2) is 30.6 Å². The van der Waals surface area contributed by atoms with Crippen LogP contribution in [0.1, 0.15) is 23.1 Å². The summed E-state index contributed by atoms with van der Waals surface area (Å²) in [5.41, 5.74) is 8.42. The lowest BCUT2D eigenvalue weighted by Crippen LogP contribution is -2.16. The molecule has 0 unspecified atom stereocenters. The largest absolute Gasteiger partial charge is 0.397 e. The number of carbonyl (C=O) groups excluding carboxylic acids is 1. The average molecular weight is 244 g/mol. The van der Waals surface area contributed by atoms with Gasteiger partial charge >= 0.3 is 0 Å². The van der Waals surface area contributed by atoms with Gasteiger partial charge in [-0.1, -0.05) is 0 Å². The molecule has 0 aliphatic heterocycles. The van der Waals surface area contributed by atoms with E-state index >= 15 is 0 Å². The fourth-order valence-corrected chi connectivity index (χ4v) is 1.72. The molecule has 0 atom stereocenters. The zero-order valence-electron chi connectivity index (χ0n) is 10.5. The first-order chi connectivity index (χ1) is 8.60. The van der Waals surface area contributed by atoms with Crippen molar-refractivity contribution in [2.24, 2.45) is 0 Å². The van der Waals surface area contributed by atoms with Gasteiger partial charge in [0.05, 0.1) is 17.6 Å². The van der Waals surface area contributed by atoms with Crippen LogP contribution in [0.25, 0.3) is 0 Å². The Kier molecular flexibility index (Phi) is 3.32. The molecule has 2 rings (SSSR count). The average Bonchev–Trinajstić information content (AvgIpc) is 2.73. The van der Waals surface area contributed by atoms with Crippen LogP contribution in [0.2, 0.25) is 0 Å². The van der Waals surface area contributed by atoms with Gasteiger partial charge in [-0.3, -0.25) is 9.78 Å². The molecule has 2 aromatic rings. The maximum atomic E-state index is 12.1. The lowest BCUT2D eigenvalue weighted by molar-refractivity contribution is 0.101. The van der Waals surface area contributed by atoms with E-state index < -0.39 is 0 Å². The summed E-state index contributed by atoms with van der Waals surface area (Å²) in [4.78, 5) is 16.2. The Bertz CT molecular complexity index is 557. The molecule has 3 N–H and O–H groups in total. The number of hydrogen-bond donors (Lipinski definition) is 2. The van der Waals surface area contributed by atoms with Crippen LogP contribution in [-0.4, -0.2) is 15.5 Å². The molecule has 2 heterocycles. The van der Waals surface area contributed by atoms with Crippen LogP contribution in [0.5, 0.6) is 0 Å². The molecule has 5 heteroatoms. The summed E-state index contributed by atoms with van der Waals surface area (Å²) in [5, 5.41) is 2.80. The van der Waals surface area contributed by atoms with Crippen molar-refractivity contribution >= 4 is 17.3 Å². The smallest absolute Gasteiger partial charge is 0.272 e. The van der Waals surface area contributed by atoms with Crippen LogP contribution in [0, 0.1) is 6.92 Å². The number of nitrogens with zero attached hydrogens (tertiary/aromatic N) is 2. The first-order valence-corrected chi connectivity index (χ1v) is 5.80. The summed E-state index contributed by atoms with van der Waals surface area (Å²) >= 11 is 0. The van der Waals surface area contributed by atoms with Gasteiger partial charge in [-0.25, -0.2) is 0 Å². The maximum absolute atomic E-state index is 12.1. The number of nitrogen functional groups attached to an aromatic ring is 1. The molecule has 0 aliphatic carbocycles. The Hall–Kier alpha value is -2.30. The van der Waals surface area contributed by atoms with E-state index in [0.29, 0.717) is 23.6 Å². The van der Waals surface area contributed by atoms with E-state index in [1.807, 2.05) is 30.5 Å². The summed E-state index contributed by atoms with van der Waals surface area (Å²) in [7, 11) is 0. The summed E-state index contributed by atoms with van der Waals surface area (Å²) < 4.78 is 1.81. The number of hydrogen-bond acceptors (Lipinski definition) is 3. The molecule has 1 amide bonds. The first-order valence-electron chi connectivity index (χ1n) is 5.80. The Labute approximate surface area is 106 Å². The predicted molar refractivity (Wildman–Crippen MR) is 71.4 cm³/mol. The Morgan fingerprint density at radius 1 is 1.50 bits per heavy atom. The summed E-state index contributed by atoms with van der Waals surface area (Å²) in [6.07, 6.45) is 3.39. The second-order valence-corrected chi connectivity index (χ2v) is 4.09. The van der Waals surface area contributed by atoms with Gasteiger partial charge in [0.1, 0.15) is 5.69 Å². The van der Waals surface area contributed by atoms with E-state index in [1.165, 1.54) is 0 Å². The molecule has 94 valence electrons. The van der Waals surface area contributed by atoms with Gasteiger partial charge in [-0.15, -0.1) is 0 Å². The molecule has 5 nitrogen and oxygen atoms in total. The third-order valence-corrected chi connectivity index (χ3v) is 2.66. The van der Waals surface area contributed by atoms with Gasteiger partial charge in [-0.2, -0.15) is 0 Å². The number of aryl methyl sites for hydroxylation is 2. The van der Waals surface area contributed by atoms with Crippen LogP contribution < -0.4 is 11.1 Å².